The molecule has 0 saturated carbocycles. The predicted octanol–water partition coefficient (Wildman–Crippen LogP) is 0.518. The van der Waals surface area contributed by atoms with E-state index in [9.17, 15) is 13.2 Å². The molecule has 11 heteroatoms. The van der Waals surface area contributed by atoms with Gasteiger partial charge in [0.1, 0.15) is 12.0 Å². The van der Waals surface area contributed by atoms with Crippen LogP contribution in [-0.2, 0) is 15.8 Å². The van der Waals surface area contributed by atoms with Crippen LogP contribution in [0, 0.1) is 0 Å². The number of aliphatic imine (C=N–C) groups is 1. The van der Waals surface area contributed by atoms with E-state index < -0.39 is 10.0 Å². The molecule has 1 aliphatic rings. The minimum atomic E-state index is -3.45. The molecule has 2 N–H and O–H groups in total. The molecule has 1 fully saturated rings. The quantitative estimate of drug-likeness (QED) is 0.343. The van der Waals surface area contributed by atoms with Crippen molar-refractivity contribution in [2.24, 2.45) is 4.99 Å². The molecule has 1 saturated heterocycles. The van der Waals surface area contributed by atoms with Crippen molar-refractivity contribution in [3.05, 3.63) is 53.9 Å². The maximum Gasteiger partial charge on any atom is 0.251 e. The molecule has 1 aromatic heterocycles. The Bertz CT molecular complexity index is 955. The first-order chi connectivity index (χ1) is 15.0. The molecule has 31 heavy (non-hydrogen) atoms. The third kappa shape index (κ3) is 6.53. The van der Waals surface area contributed by atoms with Crippen LogP contribution in [0.25, 0.3) is 0 Å². The number of benzene rings is 1. The second kappa shape index (κ2) is 10.9. The molecule has 168 valence electrons. The highest BCUT2D eigenvalue weighted by Crippen LogP contribution is 2.13. The van der Waals surface area contributed by atoms with Gasteiger partial charge in [-0.15, -0.1) is 0 Å². The van der Waals surface area contributed by atoms with Crippen LogP contribution >= 0.6 is 0 Å². The SMILES string of the molecule is CCNC(=NCCNC(=O)c1ccccc1)N1CCN(S(=O)(=O)Cc2ccon2)CC1. The number of nitrogens with zero attached hydrogens (tertiary/aromatic N) is 4. The molecule has 0 atom stereocenters. The molecule has 0 bridgehead atoms. The standard InChI is InChI=1S/C20H28N6O4S/c1-2-21-20(23-10-9-22-19(27)17-6-4-3-5-7-17)25-11-13-26(14-12-25)31(28,29)16-18-8-15-30-24-18/h3-8,15H,2,9-14,16H2,1H3,(H,21,23)(H,22,27). The lowest BCUT2D eigenvalue weighted by Gasteiger charge is -2.35. The van der Waals surface area contributed by atoms with Crippen molar-refractivity contribution >= 4 is 21.9 Å². The smallest absolute Gasteiger partial charge is 0.251 e. The average Bonchev–Trinajstić information content (AvgIpc) is 3.29. The Balaban J connectivity index is 1.49. The number of carbonyl (C=O) groups is 1. The third-order valence-corrected chi connectivity index (χ3v) is 6.60. The Hall–Kier alpha value is -2.92. The van der Waals surface area contributed by atoms with E-state index in [2.05, 4.69) is 20.8 Å². The number of sulfonamides is 1. The van der Waals surface area contributed by atoms with Gasteiger partial charge in [-0.1, -0.05) is 23.4 Å². The summed E-state index contributed by atoms with van der Waals surface area (Å²) in [7, 11) is -3.45. The van der Waals surface area contributed by atoms with Crippen LogP contribution < -0.4 is 10.6 Å². The Kier molecular flexibility index (Phi) is 8.01. The molecule has 1 aliphatic heterocycles. The van der Waals surface area contributed by atoms with Crippen LogP contribution in [0.1, 0.15) is 23.0 Å². The van der Waals surface area contributed by atoms with Crippen LogP contribution in [0.4, 0.5) is 0 Å². The van der Waals surface area contributed by atoms with Gasteiger partial charge in [0.25, 0.3) is 5.91 Å². The van der Waals surface area contributed by atoms with Crippen LogP contribution in [0.5, 0.6) is 0 Å². The van der Waals surface area contributed by atoms with Crippen molar-refractivity contribution in [1.82, 2.24) is 25.0 Å². The highest BCUT2D eigenvalue weighted by Gasteiger charge is 2.28. The van der Waals surface area contributed by atoms with Gasteiger partial charge in [0.05, 0.1) is 12.2 Å². The minimum Gasteiger partial charge on any atom is -0.364 e. The Morgan fingerprint density at radius 3 is 2.52 bits per heavy atom. The van der Waals surface area contributed by atoms with E-state index >= 15 is 0 Å². The highest BCUT2D eigenvalue weighted by atomic mass is 32.2. The summed E-state index contributed by atoms with van der Waals surface area (Å²) in [6.07, 6.45) is 1.37. The Morgan fingerprint density at radius 1 is 1.13 bits per heavy atom. The zero-order valence-electron chi connectivity index (χ0n) is 17.5. The molecule has 0 aliphatic carbocycles. The number of carbonyl (C=O) groups excluding carboxylic acids is 1. The second-order valence-electron chi connectivity index (χ2n) is 6.99. The van der Waals surface area contributed by atoms with Gasteiger partial charge in [0, 0.05) is 50.9 Å². The van der Waals surface area contributed by atoms with Crippen molar-refractivity contribution in [3.8, 4) is 0 Å². The highest BCUT2D eigenvalue weighted by molar-refractivity contribution is 7.88. The zero-order chi connectivity index (χ0) is 22.1. The maximum absolute atomic E-state index is 12.6. The van der Waals surface area contributed by atoms with Crippen molar-refractivity contribution in [3.63, 3.8) is 0 Å². The second-order valence-corrected chi connectivity index (χ2v) is 8.96. The van der Waals surface area contributed by atoms with E-state index in [0.29, 0.717) is 63.0 Å². The minimum absolute atomic E-state index is 0.133. The fourth-order valence-corrected chi connectivity index (χ4v) is 4.64. The molecule has 2 heterocycles. The van der Waals surface area contributed by atoms with Gasteiger partial charge in [-0.25, -0.2) is 8.42 Å². The number of hydrogen-bond donors (Lipinski definition) is 2. The monoisotopic (exact) mass is 448 g/mol. The molecular weight excluding hydrogens is 420 g/mol. The summed E-state index contributed by atoms with van der Waals surface area (Å²) in [4.78, 5) is 18.7. The molecule has 2 aromatic rings. The van der Waals surface area contributed by atoms with Gasteiger partial charge in [0.2, 0.25) is 10.0 Å². The number of rotatable bonds is 8. The van der Waals surface area contributed by atoms with E-state index in [-0.39, 0.29) is 11.7 Å². The maximum atomic E-state index is 12.6. The van der Waals surface area contributed by atoms with Crippen LogP contribution in [0.15, 0.2) is 52.2 Å². The third-order valence-electron chi connectivity index (χ3n) is 4.78. The summed E-state index contributed by atoms with van der Waals surface area (Å²) in [6, 6.07) is 10.6. The van der Waals surface area contributed by atoms with E-state index in [4.69, 9.17) is 4.52 Å². The number of aromatic nitrogens is 1. The van der Waals surface area contributed by atoms with Gasteiger partial charge >= 0.3 is 0 Å². The predicted molar refractivity (Wildman–Crippen MR) is 117 cm³/mol. The van der Waals surface area contributed by atoms with Crippen molar-refractivity contribution in [2.45, 2.75) is 12.7 Å². The first kappa shape index (κ1) is 22.8. The number of amides is 1. The average molecular weight is 449 g/mol. The summed E-state index contributed by atoms with van der Waals surface area (Å²) in [5.41, 5.74) is 1.01. The summed E-state index contributed by atoms with van der Waals surface area (Å²) in [5.74, 6) is 0.412. The Labute approximate surface area is 182 Å². The molecule has 0 unspecified atom stereocenters. The lowest BCUT2D eigenvalue weighted by Crippen LogP contribution is -2.54. The van der Waals surface area contributed by atoms with E-state index in [1.165, 1.54) is 10.6 Å². The van der Waals surface area contributed by atoms with Gasteiger partial charge in [0.15, 0.2) is 5.96 Å². The summed E-state index contributed by atoms with van der Waals surface area (Å²) in [5, 5.41) is 9.78. The molecule has 10 nitrogen and oxygen atoms in total. The first-order valence-corrected chi connectivity index (χ1v) is 11.8. The van der Waals surface area contributed by atoms with Gasteiger partial charge in [-0.05, 0) is 19.1 Å². The summed E-state index contributed by atoms with van der Waals surface area (Å²) in [6.45, 7) is 5.30. The first-order valence-electron chi connectivity index (χ1n) is 10.2. The van der Waals surface area contributed by atoms with Crippen molar-refractivity contribution < 1.29 is 17.7 Å². The van der Waals surface area contributed by atoms with Gasteiger partial charge < -0.3 is 20.1 Å². The number of piperazine rings is 1. The van der Waals surface area contributed by atoms with Crippen LogP contribution in [0.3, 0.4) is 0 Å². The molecule has 0 spiro atoms. The molecule has 3 rings (SSSR count). The van der Waals surface area contributed by atoms with E-state index in [1.54, 1.807) is 18.2 Å². The number of guanidine groups is 1. The van der Waals surface area contributed by atoms with Gasteiger partial charge in [-0.3, -0.25) is 9.79 Å². The largest absolute Gasteiger partial charge is 0.364 e. The van der Waals surface area contributed by atoms with Crippen LogP contribution in [-0.4, -0.2) is 80.5 Å². The van der Waals surface area contributed by atoms with E-state index in [1.807, 2.05) is 30.0 Å². The lowest BCUT2D eigenvalue weighted by molar-refractivity contribution is 0.0954. The molecule has 0 radical (unpaired) electrons. The summed E-state index contributed by atoms with van der Waals surface area (Å²) >= 11 is 0. The normalized spacial score (nSPS) is 15.6. The molecular formula is C20H28N6O4S. The lowest BCUT2D eigenvalue weighted by atomic mass is 10.2. The Morgan fingerprint density at radius 2 is 1.87 bits per heavy atom. The number of hydrogen-bond acceptors (Lipinski definition) is 6. The zero-order valence-corrected chi connectivity index (χ0v) is 18.3. The molecule has 1 amide bonds. The van der Waals surface area contributed by atoms with Crippen molar-refractivity contribution in [1.29, 1.82) is 0 Å². The van der Waals surface area contributed by atoms with E-state index in [0.717, 1.165) is 0 Å². The topological polar surface area (TPSA) is 120 Å². The fraction of sp³-hybridized carbons (Fsp3) is 0.450. The van der Waals surface area contributed by atoms with Gasteiger partial charge in [-0.2, -0.15) is 4.31 Å². The van der Waals surface area contributed by atoms with Crippen LogP contribution in [0.2, 0.25) is 0 Å². The fourth-order valence-electron chi connectivity index (χ4n) is 3.22. The number of nitrogens with one attached hydrogen (secondary N) is 2. The molecule has 1 aromatic carbocycles. The summed E-state index contributed by atoms with van der Waals surface area (Å²) < 4.78 is 31.4. The van der Waals surface area contributed by atoms with Crippen molar-refractivity contribution in [2.75, 3.05) is 45.8 Å².